The van der Waals surface area contributed by atoms with E-state index in [0.29, 0.717) is 0 Å². The molecule has 0 radical (unpaired) electrons. The Morgan fingerprint density at radius 3 is 2.45 bits per heavy atom. The number of rotatable bonds is 1. The molecule has 0 aliphatic heterocycles. The van der Waals surface area contributed by atoms with E-state index in [1.165, 1.54) is 0 Å². The van der Waals surface area contributed by atoms with Gasteiger partial charge < -0.3 is 9.90 Å². The summed E-state index contributed by atoms with van der Waals surface area (Å²) in [5.74, 6) is -1.11. The molecule has 1 aromatic carbocycles. The molecule has 0 aliphatic carbocycles. The second kappa shape index (κ2) is 2.74. The van der Waals surface area contributed by atoms with E-state index in [1.54, 1.807) is 19.1 Å². The van der Waals surface area contributed by atoms with Gasteiger partial charge in [-0.2, -0.15) is 0 Å². The van der Waals surface area contributed by atoms with E-state index in [1.807, 2.05) is 13.0 Å². The minimum Gasteiger partial charge on any atom is -0.545 e. The van der Waals surface area contributed by atoms with Gasteiger partial charge in [0.25, 0.3) is 0 Å². The number of carbonyl (C=O) groups excluding carboxylic acids is 1. The van der Waals surface area contributed by atoms with Crippen LogP contribution in [0.2, 0.25) is 0 Å². The predicted octanol–water partition coefficient (Wildman–Crippen LogP) is 0.667. The third-order valence-electron chi connectivity index (χ3n) is 1.61. The Hall–Kier alpha value is -1.31. The Balaban J connectivity index is 3.23. The Morgan fingerprint density at radius 2 is 2.00 bits per heavy atom. The lowest BCUT2D eigenvalue weighted by Crippen LogP contribution is -2.23. The van der Waals surface area contributed by atoms with E-state index < -0.39 is 5.97 Å². The highest BCUT2D eigenvalue weighted by atomic mass is 16.4. The summed E-state index contributed by atoms with van der Waals surface area (Å²) < 4.78 is 0. The molecule has 0 unspecified atom stereocenters. The molecule has 0 aliphatic rings. The highest BCUT2D eigenvalue weighted by molar-refractivity contribution is 5.87. The molecule has 0 amide bonds. The number of hydrogen-bond acceptors (Lipinski definition) is 2. The molecule has 0 saturated carbocycles. The fraction of sp³-hybridized carbons (Fsp3) is 0.222. The lowest BCUT2D eigenvalue weighted by molar-refractivity contribution is -0.255. The average molecular weight is 149 g/mol. The van der Waals surface area contributed by atoms with Crippen LogP contribution >= 0.6 is 0 Å². The molecule has 1 aromatic rings. The summed E-state index contributed by atoms with van der Waals surface area (Å²) in [6.45, 7) is 3.61. The summed E-state index contributed by atoms with van der Waals surface area (Å²) in [6.07, 6.45) is 0. The zero-order valence-electron chi connectivity index (χ0n) is 6.55. The number of benzene rings is 1. The summed E-state index contributed by atoms with van der Waals surface area (Å²) in [4.78, 5) is 10.5. The van der Waals surface area contributed by atoms with Crippen molar-refractivity contribution in [2.24, 2.45) is 0 Å². The van der Waals surface area contributed by atoms with Crippen LogP contribution in [0.25, 0.3) is 0 Å². The molecule has 0 fully saturated rings. The van der Waals surface area contributed by atoms with Gasteiger partial charge in [-0.05, 0) is 25.5 Å². The number of carboxylic acids is 1. The van der Waals surface area contributed by atoms with Gasteiger partial charge in [-0.25, -0.2) is 0 Å². The molecular formula is C9H9O2-. The first-order chi connectivity index (χ1) is 5.11. The van der Waals surface area contributed by atoms with Gasteiger partial charge in [-0.1, -0.05) is 17.7 Å². The standard InChI is InChI=1S/C9H10O2/c1-6-3-4-7(2)8(5-6)9(10)11/h3-5H,1-2H3,(H,10,11)/p-1. The molecule has 0 saturated heterocycles. The van der Waals surface area contributed by atoms with Crippen LogP contribution in [0.5, 0.6) is 0 Å². The predicted molar refractivity (Wildman–Crippen MR) is 40.2 cm³/mol. The van der Waals surface area contributed by atoms with Crippen LogP contribution in [0.4, 0.5) is 0 Å². The monoisotopic (exact) mass is 149 g/mol. The normalized spacial score (nSPS) is 9.64. The van der Waals surface area contributed by atoms with Crippen molar-refractivity contribution in [3.05, 3.63) is 34.9 Å². The van der Waals surface area contributed by atoms with E-state index in [0.717, 1.165) is 11.1 Å². The van der Waals surface area contributed by atoms with Crippen LogP contribution in [0, 0.1) is 13.8 Å². The zero-order valence-corrected chi connectivity index (χ0v) is 6.55. The largest absolute Gasteiger partial charge is 0.545 e. The quantitative estimate of drug-likeness (QED) is 0.588. The zero-order chi connectivity index (χ0) is 8.43. The van der Waals surface area contributed by atoms with Crippen LogP contribution in [-0.2, 0) is 0 Å². The minimum atomic E-state index is -1.11. The Kier molecular flexibility index (Phi) is 1.94. The van der Waals surface area contributed by atoms with E-state index in [4.69, 9.17) is 0 Å². The molecule has 0 spiro atoms. The molecule has 2 nitrogen and oxygen atoms in total. The molecule has 11 heavy (non-hydrogen) atoms. The average Bonchev–Trinajstić information content (AvgIpc) is 1.94. The topological polar surface area (TPSA) is 40.1 Å². The van der Waals surface area contributed by atoms with Crippen molar-refractivity contribution < 1.29 is 9.90 Å². The van der Waals surface area contributed by atoms with Gasteiger partial charge in [0.05, 0.1) is 5.97 Å². The van der Waals surface area contributed by atoms with Crippen molar-refractivity contribution in [2.45, 2.75) is 13.8 Å². The molecule has 0 aromatic heterocycles. The Morgan fingerprint density at radius 1 is 1.36 bits per heavy atom. The van der Waals surface area contributed by atoms with E-state index in [2.05, 4.69) is 0 Å². The van der Waals surface area contributed by atoms with Gasteiger partial charge in [0.15, 0.2) is 0 Å². The number of hydrogen-bond donors (Lipinski definition) is 0. The number of carboxylic acid groups (broad SMARTS) is 1. The second-order valence-corrected chi connectivity index (χ2v) is 2.61. The van der Waals surface area contributed by atoms with Gasteiger partial charge in [0, 0.05) is 5.56 Å². The van der Waals surface area contributed by atoms with Crippen molar-refractivity contribution in [2.75, 3.05) is 0 Å². The van der Waals surface area contributed by atoms with Crippen LogP contribution in [-0.4, -0.2) is 5.97 Å². The first-order valence-electron chi connectivity index (χ1n) is 3.40. The molecule has 0 atom stereocenters. The van der Waals surface area contributed by atoms with Crippen LogP contribution in [0.1, 0.15) is 21.5 Å². The summed E-state index contributed by atoms with van der Waals surface area (Å²) in [7, 11) is 0. The van der Waals surface area contributed by atoms with Gasteiger partial charge in [0.1, 0.15) is 0 Å². The van der Waals surface area contributed by atoms with E-state index in [-0.39, 0.29) is 5.56 Å². The lowest BCUT2D eigenvalue weighted by Gasteiger charge is -2.06. The SMILES string of the molecule is Cc1ccc(C)c(C(=O)[O-])c1. The number of carbonyl (C=O) groups is 1. The first kappa shape index (κ1) is 7.79. The van der Waals surface area contributed by atoms with Gasteiger partial charge >= 0.3 is 0 Å². The fourth-order valence-corrected chi connectivity index (χ4v) is 0.956. The fourth-order valence-electron chi connectivity index (χ4n) is 0.956. The van der Waals surface area contributed by atoms with Crippen molar-refractivity contribution in [3.8, 4) is 0 Å². The second-order valence-electron chi connectivity index (χ2n) is 2.61. The third-order valence-corrected chi connectivity index (χ3v) is 1.61. The van der Waals surface area contributed by atoms with Gasteiger partial charge in [-0.15, -0.1) is 0 Å². The molecule has 1 rings (SSSR count). The van der Waals surface area contributed by atoms with Crippen molar-refractivity contribution in [1.82, 2.24) is 0 Å². The van der Waals surface area contributed by atoms with Gasteiger partial charge in [-0.3, -0.25) is 0 Å². The molecule has 0 heterocycles. The van der Waals surface area contributed by atoms with Crippen molar-refractivity contribution in [1.29, 1.82) is 0 Å². The van der Waals surface area contributed by atoms with Crippen molar-refractivity contribution in [3.63, 3.8) is 0 Å². The minimum absolute atomic E-state index is 0.282. The third kappa shape index (κ3) is 1.58. The molecule has 0 bridgehead atoms. The highest BCUT2D eigenvalue weighted by Crippen LogP contribution is 2.08. The Labute approximate surface area is 65.5 Å². The lowest BCUT2D eigenvalue weighted by atomic mass is 10.1. The maximum Gasteiger partial charge on any atom is 0.0718 e. The van der Waals surface area contributed by atoms with Crippen LogP contribution in [0.15, 0.2) is 18.2 Å². The maximum atomic E-state index is 10.5. The molecule has 2 heteroatoms. The first-order valence-corrected chi connectivity index (χ1v) is 3.40. The summed E-state index contributed by atoms with van der Waals surface area (Å²) in [5.41, 5.74) is 1.97. The van der Waals surface area contributed by atoms with E-state index in [9.17, 15) is 9.90 Å². The molecule has 0 N–H and O–H groups in total. The summed E-state index contributed by atoms with van der Waals surface area (Å²) in [5, 5.41) is 10.5. The number of aryl methyl sites for hydroxylation is 2. The van der Waals surface area contributed by atoms with Crippen LogP contribution < -0.4 is 5.11 Å². The van der Waals surface area contributed by atoms with Crippen molar-refractivity contribution >= 4 is 5.97 Å². The smallest absolute Gasteiger partial charge is 0.0718 e. The molecular weight excluding hydrogens is 140 g/mol. The van der Waals surface area contributed by atoms with E-state index >= 15 is 0 Å². The number of aromatic carboxylic acids is 1. The van der Waals surface area contributed by atoms with Crippen LogP contribution in [0.3, 0.4) is 0 Å². The van der Waals surface area contributed by atoms with Gasteiger partial charge in [0.2, 0.25) is 0 Å². The summed E-state index contributed by atoms with van der Waals surface area (Å²) >= 11 is 0. The highest BCUT2D eigenvalue weighted by Gasteiger charge is 1.97. The Bertz CT molecular complexity index is 290. The summed E-state index contributed by atoms with van der Waals surface area (Å²) in [6, 6.07) is 5.27. The maximum absolute atomic E-state index is 10.5. The molecule has 58 valence electrons.